The van der Waals surface area contributed by atoms with E-state index in [2.05, 4.69) is 20.9 Å². The van der Waals surface area contributed by atoms with Crippen molar-refractivity contribution in [3.05, 3.63) is 124 Å². The molecular weight excluding hydrogens is 628 g/mol. The van der Waals surface area contributed by atoms with Crippen LogP contribution in [0.25, 0.3) is 10.4 Å². The minimum Gasteiger partial charge on any atom is -0.496 e. The van der Waals surface area contributed by atoms with Crippen molar-refractivity contribution in [3.63, 3.8) is 0 Å². The summed E-state index contributed by atoms with van der Waals surface area (Å²) in [6, 6.07) is 27.1. The first-order valence-corrected chi connectivity index (χ1v) is 15.6. The number of amides is 1. The van der Waals surface area contributed by atoms with E-state index in [1.165, 1.54) is 14.2 Å². The minimum absolute atomic E-state index is 0.0343. The number of nitrogens with one attached hydrogen (secondary N) is 2. The molecule has 2 atom stereocenters. The van der Waals surface area contributed by atoms with Gasteiger partial charge in [0.1, 0.15) is 23.0 Å². The number of aliphatic imine (C=N–C) groups is 1. The van der Waals surface area contributed by atoms with Crippen LogP contribution in [0.4, 0.5) is 5.69 Å². The normalized spacial score (nSPS) is 16.5. The molecular formula is C36H38N6O7. The van der Waals surface area contributed by atoms with Crippen molar-refractivity contribution in [1.82, 2.24) is 10.9 Å². The molecule has 0 aliphatic carbocycles. The van der Waals surface area contributed by atoms with Gasteiger partial charge >= 0.3 is 0 Å². The van der Waals surface area contributed by atoms with Gasteiger partial charge in [-0.1, -0.05) is 59.7 Å². The molecule has 0 saturated carbocycles. The topological polar surface area (TPSA) is 169 Å². The molecule has 13 nitrogen and oxygen atoms in total. The van der Waals surface area contributed by atoms with Gasteiger partial charge in [0.15, 0.2) is 11.6 Å². The lowest BCUT2D eigenvalue weighted by Gasteiger charge is -2.31. The minimum atomic E-state index is -1.56. The summed E-state index contributed by atoms with van der Waals surface area (Å²) in [7, 11) is 4.63. The van der Waals surface area contributed by atoms with Crippen LogP contribution < -0.4 is 29.8 Å². The van der Waals surface area contributed by atoms with Crippen LogP contribution >= 0.6 is 0 Å². The van der Waals surface area contributed by atoms with Crippen molar-refractivity contribution < 1.29 is 33.6 Å². The molecule has 0 bridgehead atoms. The molecule has 3 N–H and O–H groups in total. The summed E-state index contributed by atoms with van der Waals surface area (Å²) in [5, 5.41) is 13.0. The number of nitrogens with zero attached hydrogens (tertiary/aromatic N) is 4. The number of methoxy groups -OCH3 is 3. The highest BCUT2D eigenvalue weighted by atomic mass is 16.5. The zero-order valence-electron chi connectivity index (χ0n) is 27.5. The third-order valence-electron chi connectivity index (χ3n) is 8.02. The van der Waals surface area contributed by atoms with E-state index < -0.39 is 17.6 Å². The van der Waals surface area contributed by atoms with E-state index in [4.69, 9.17) is 33.8 Å². The molecule has 0 aromatic heterocycles. The van der Waals surface area contributed by atoms with Crippen LogP contribution in [0.5, 0.6) is 23.0 Å². The molecule has 0 unspecified atom stereocenters. The Bertz CT molecular complexity index is 1790. The number of ether oxygens (including phenoxy) is 5. The predicted octanol–water partition coefficient (Wildman–Crippen LogP) is 5.74. The van der Waals surface area contributed by atoms with Crippen molar-refractivity contribution in [1.29, 1.82) is 0 Å². The Kier molecular flexibility index (Phi) is 11.6. The van der Waals surface area contributed by atoms with Crippen LogP contribution in [-0.2, 0) is 22.5 Å². The first-order valence-electron chi connectivity index (χ1n) is 15.6. The van der Waals surface area contributed by atoms with E-state index in [0.717, 1.165) is 5.56 Å². The summed E-state index contributed by atoms with van der Waals surface area (Å²) in [6.07, 6.45) is -0.316. The van der Waals surface area contributed by atoms with Gasteiger partial charge in [0.2, 0.25) is 5.90 Å². The molecule has 1 aliphatic heterocycles. The van der Waals surface area contributed by atoms with E-state index in [1.54, 1.807) is 61.7 Å². The molecule has 1 amide bonds. The maximum absolute atomic E-state index is 14.6. The Labute approximate surface area is 284 Å². The number of rotatable bonds is 16. The molecule has 1 aliphatic rings. The van der Waals surface area contributed by atoms with Crippen LogP contribution in [0.15, 0.2) is 101 Å². The van der Waals surface area contributed by atoms with E-state index in [0.29, 0.717) is 58.4 Å². The summed E-state index contributed by atoms with van der Waals surface area (Å²) in [5.74, 6) is 1.96. The Morgan fingerprint density at radius 3 is 2.31 bits per heavy atom. The number of azide groups is 1. The molecule has 254 valence electrons. The fraction of sp³-hybridized carbons (Fsp3) is 0.278. The zero-order valence-corrected chi connectivity index (χ0v) is 27.5. The standard InChI is InChI=1S/C36H38N6O7/c1-45-28-20-31(46-2)29(32(21-28)47-3)23-38-41-35(44)36(22-26-12-7-8-13-30(26)40-42-37)33(24-10-5-4-6-11-24)49-34(39-36)25-14-16-27(17-15-25)48-19-9-18-43/h4-8,10-17,20-21,33,38,43H,9,18-19,22-23H2,1-3H3,(H,41,44)/t33-,36-/m0/s1. The van der Waals surface area contributed by atoms with E-state index >= 15 is 0 Å². The Hall–Kier alpha value is -5.75. The van der Waals surface area contributed by atoms with Crippen LogP contribution in [0.3, 0.4) is 0 Å². The second-order valence-electron chi connectivity index (χ2n) is 11.0. The van der Waals surface area contributed by atoms with E-state index in [-0.39, 0.29) is 25.5 Å². The monoisotopic (exact) mass is 666 g/mol. The number of carbonyl (C=O) groups excluding carboxylic acids is 1. The van der Waals surface area contributed by atoms with Gasteiger partial charge in [0.05, 0.1) is 33.5 Å². The lowest BCUT2D eigenvalue weighted by atomic mass is 9.81. The van der Waals surface area contributed by atoms with Gasteiger partial charge in [0.25, 0.3) is 5.91 Å². The molecule has 1 heterocycles. The largest absolute Gasteiger partial charge is 0.496 e. The molecule has 0 radical (unpaired) electrons. The van der Waals surface area contributed by atoms with Crippen molar-refractivity contribution in [2.75, 3.05) is 34.5 Å². The van der Waals surface area contributed by atoms with Gasteiger partial charge in [0, 0.05) is 54.3 Å². The third kappa shape index (κ3) is 7.87. The fourth-order valence-electron chi connectivity index (χ4n) is 5.58. The van der Waals surface area contributed by atoms with Crippen molar-refractivity contribution >= 4 is 17.5 Å². The second-order valence-corrected chi connectivity index (χ2v) is 11.0. The highest BCUT2D eigenvalue weighted by Crippen LogP contribution is 2.43. The van der Waals surface area contributed by atoms with Crippen LogP contribution in [0.1, 0.15) is 34.8 Å². The quantitative estimate of drug-likeness (QED) is 0.0447. The predicted molar refractivity (Wildman–Crippen MR) is 183 cm³/mol. The number of hydrogen-bond donors (Lipinski definition) is 3. The Balaban J connectivity index is 1.55. The highest BCUT2D eigenvalue weighted by molar-refractivity contribution is 6.01. The molecule has 13 heteroatoms. The third-order valence-corrected chi connectivity index (χ3v) is 8.02. The molecule has 4 aromatic carbocycles. The number of carbonyl (C=O) groups is 1. The number of aliphatic hydroxyl groups is 1. The van der Waals surface area contributed by atoms with Crippen LogP contribution in [0.2, 0.25) is 0 Å². The van der Waals surface area contributed by atoms with Gasteiger partial charge in [-0.15, -0.1) is 0 Å². The molecule has 0 fully saturated rings. The van der Waals surface area contributed by atoms with Crippen molar-refractivity contribution in [2.45, 2.75) is 31.0 Å². The van der Waals surface area contributed by atoms with Crippen molar-refractivity contribution in [3.8, 4) is 23.0 Å². The van der Waals surface area contributed by atoms with E-state index in [1.807, 2.05) is 36.4 Å². The lowest BCUT2D eigenvalue weighted by Crippen LogP contribution is -2.53. The van der Waals surface area contributed by atoms with Crippen LogP contribution in [-0.4, -0.2) is 57.0 Å². The summed E-state index contributed by atoms with van der Waals surface area (Å²) in [6.45, 7) is 0.545. The average molecular weight is 667 g/mol. The van der Waals surface area contributed by atoms with Gasteiger partial charge < -0.3 is 28.8 Å². The van der Waals surface area contributed by atoms with Gasteiger partial charge in [-0.05, 0) is 40.9 Å². The van der Waals surface area contributed by atoms with Crippen molar-refractivity contribution in [2.24, 2.45) is 10.1 Å². The summed E-state index contributed by atoms with van der Waals surface area (Å²) in [5.41, 5.74) is 16.6. The zero-order chi connectivity index (χ0) is 34.6. The SMILES string of the molecule is COc1cc(OC)c(CNNC(=O)[C@@]2(Cc3ccccc3N=[N+]=[N-])N=C(c3ccc(OCCCO)cc3)O[C@H]2c2ccccc2)c(OC)c1. The first kappa shape index (κ1) is 34.6. The Morgan fingerprint density at radius 2 is 1.65 bits per heavy atom. The molecule has 49 heavy (non-hydrogen) atoms. The smallest absolute Gasteiger partial charge is 0.266 e. The van der Waals surface area contributed by atoms with Crippen LogP contribution in [0, 0.1) is 0 Å². The fourth-order valence-corrected chi connectivity index (χ4v) is 5.58. The highest BCUT2D eigenvalue weighted by Gasteiger charge is 2.53. The molecule has 0 saturated heterocycles. The summed E-state index contributed by atoms with van der Waals surface area (Å²) in [4.78, 5) is 22.6. The lowest BCUT2D eigenvalue weighted by molar-refractivity contribution is -0.130. The molecule has 4 aromatic rings. The van der Waals surface area contributed by atoms with Gasteiger partial charge in [-0.2, -0.15) is 0 Å². The summed E-state index contributed by atoms with van der Waals surface area (Å²) < 4.78 is 28.8. The summed E-state index contributed by atoms with van der Waals surface area (Å²) >= 11 is 0. The molecule has 0 spiro atoms. The number of hydrogen-bond acceptors (Lipinski definition) is 10. The second kappa shape index (κ2) is 16.4. The van der Waals surface area contributed by atoms with E-state index in [9.17, 15) is 10.3 Å². The number of aliphatic hydroxyl groups excluding tert-OH is 1. The molecule has 5 rings (SSSR count). The number of hydrazine groups is 1. The Morgan fingerprint density at radius 1 is 0.959 bits per heavy atom. The van der Waals surface area contributed by atoms with Gasteiger partial charge in [-0.3, -0.25) is 10.2 Å². The number of benzene rings is 4. The average Bonchev–Trinajstić information content (AvgIpc) is 3.53. The van der Waals surface area contributed by atoms with Gasteiger partial charge in [-0.25, -0.2) is 10.4 Å². The first-order chi connectivity index (χ1) is 24.0. The maximum atomic E-state index is 14.6. The maximum Gasteiger partial charge on any atom is 0.266 e.